The van der Waals surface area contributed by atoms with Crippen molar-refractivity contribution >= 4 is 29.3 Å². The van der Waals surface area contributed by atoms with E-state index in [1.54, 1.807) is 11.1 Å². The standard InChI is InChI=1S/C23H24ClN7O/c24-18-16-26-23(31-10-4-5-11-31)28-20(18)22(32)30-14-12-29(13-15-30)19-8-9-25-21(27-19)17-6-2-1-3-7-17/h1-3,6-9,16H,4-5,10-15H2. The Morgan fingerprint density at radius 1 is 0.844 bits per heavy atom. The van der Waals surface area contributed by atoms with E-state index >= 15 is 0 Å². The summed E-state index contributed by atoms with van der Waals surface area (Å²) in [5, 5.41) is 0.295. The number of anilines is 2. The van der Waals surface area contributed by atoms with E-state index in [1.807, 2.05) is 36.4 Å². The fourth-order valence-corrected chi connectivity index (χ4v) is 4.29. The molecule has 0 aliphatic carbocycles. The molecule has 0 N–H and O–H groups in total. The molecular formula is C23H24ClN7O. The van der Waals surface area contributed by atoms with Crippen LogP contribution in [-0.4, -0.2) is 70.0 Å². The predicted molar refractivity (Wildman–Crippen MR) is 124 cm³/mol. The minimum Gasteiger partial charge on any atom is -0.353 e. The van der Waals surface area contributed by atoms with Gasteiger partial charge in [-0.15, -0.1) is 0 Å². The third-order valence-electron chi connectivity index (χ3n) is 5.89. The van der Waals surface area contributed by atoms with Crippen LogP contribution in [0.1, 0.15) is 23.3 Å². The number of halogens is 1. The molecule has 32 heavy (non-hydrogen) atoms. The average Bonchev–Trinajstić information content (AvgIpc) is 3.40. The number of nitrogens with zero attached hydrogens (tertiary/aromatic N) is 7. The van der Waals surface area contributed by atoms with E-state index in [4.69, 9.17) is 16.6 Å². The SMILES string of the molecule is O=C(c1nc(N2CCCC2)ncc1Cl)N1CCN(c2ccnc(-c3ccccc3)n2)CC1. The molecule has 0 atom stereocenters. The Morgan fingerprint density at radius 3 is 2.34 bits per heavy atom. The van der Waals surface area contributed by atoms with E-state index in [0.29, 0.717) is 43.0 Å². The molecule has 0 radical (unpaired) electrons. The first kappa shape index (κ1) is 20.6. The van der Waals surface area contributed by atoms with Crippen LogP contribution in [0.4, 0.5) is 11.8 Å². The summed E-state index contributed by atoms with van der Waals surface area (Å²) in [5.74, 6) is 2.00. The summed E-state index contributed by atoms with van der Waals surface area (Å²) in [5.41, 5.74) is 1.26. The summed E-state index contributed by atoms with van der Waals surface area (Å²) in [6, 6.07) is 11.8. The van der Waals surface area contributed by atoms with Crippen LogP contribution in [0.3, 0.4) is 0 Å². The summed E-state index contributed by atoms with van der Waals surface area (Å²) in [4.78, 5) is 37.2. The molecule has 8 nitrogen and oxygen atoms in total. The maximum atomic E-state index is 13.2. The van der Waals surface area contributed by atoms with Crippen molar-refractivity contribution in [1.82, 2.24) is 24.8 Å². The monoisotopic (exact) mass is 449 g/mol. The second-order valence-corrected chi connectivity index (χ2v) is 8.35. The van der Waals surface area contributed by atoms with Crippen molar-refractivity contribution in [2.75, 3.05) is 49.1 Å². The van der Waals surface area contributed by atoms with E-state index in [2.05, 4.69) is 24.8 Å². The Hall–Kier alpha value is -3.26. The Morgan fingerprint density at radius 2 is 1.59 bits per heavy atom. The van der Waals surface area contributed by atoms with E-state index in [1.165, 1.54) is 6.20 Å². The molecule has 9 heteroatoms. The van der Waals surface area contributed by atoms with Crippen molar-refractivity contribution in [2.45, 2.75) is 12.8 Å². The van der Waals surface area contributed by atoms with Crippen LogP contribution >= 0.6 is 11.6 Å². The molecule has 164 valence electrons. The van der Waals surface area contributed by atoms with E-state index in [-0.39, 0.29) is 11.6 Å². The number of hydrogen-bond donors (Lipinski definition) is 0. The first-order chi connectivity index (χ1) is 15.7. The summed E-state index contributed by atoms with van der Waals surface area (Å²) >= 11 is 6.30. The van der Waals surface area contributed by atoms with Crippen molar-refractivity contribution in [2.24, 2.45) is 0 Å². The van der Waals surface area contributed by atoms with Gasteiger partial charge in [0.15, 0.2) is 11.5 Å². The third kappa shape index (κ3) is 4.23. The predicted octanol–water partition coefficient (Wildman–Crippen LogP) is 3.15. The van der Waals surface area contributed by atoms with Gasteiger partial charge in [0.1, 0.15) is 5.82 Å². The van der Waals surface area contributed by atoms with E-state index < -0.39 is 0 Å². The van der Waals surface area contributed by atoms with Crippen LogP contribution in [0.15, 0.2) is 48.8 Å². The Kier molecular flexibility index (Phi) is 5.85. The number of carbonyl (C=O) groups is 1. The molecule has 0 saturated carbocycles. The number of carbonyl (C=O) groups excluding carboxylic acids is 1. The number of rotatable bonds is 4. The summed E-state index contributed by atoms with van der Waals surface area (Å²) in [6.45, 7) is 4.33. The third-order valence-corrected chi connectivity index (χ3v) is 6.16. The lowest BCUT2D eigenvalue weighted by molar-refractivity contribution is 0.0740. The average molecular weight is 450 g/mol. The quantitative estimate of drug-likeness (QED) is 0.605. The molecule has 5 rings (SSSR count). The molecule has 2 fully saturated rings. The largest absolute Gasteiger partial charge is 0.353 e. The highest BCUT2D eigenvalue weighted by Gasteiger charge is 2.27. The molecule has 2 aliphatic heterocycles. The minimum absolute atomic E-state index is 0.148. The summed E-state index contributed by atoms with van der Waals surface area (Å²) in [6.07, 6.45) is 5.55. The number of piperazine rings is 1. The van der Waals surface area contributed by atoms with Crippen LogP contribution in [-0.2, 0) is 0 Å². The first-order valence-electron chi connectivity index (χ1n) is 10.9. The Balaban J connectivity index is 1.27. The highest BCUT2D eigenvalue weighted by molar-refractivity contribution is 6.33. The molecule has 0 bridgehead atoms. The molecule has 3 aromatic rings. The van der Waals surface area contributed by atoms with Gasteiger partial charge in [-0.05, 0) is 18.9 Å². The molecule has 2 saturated heterocycles. The minimum atomic E-state index is -0.148. The molecule has 1 aromatic carbocycles. The maximum Gasteiger partial charge on any atom is 0.274 e. The van der Waals surface area contributed by atoms with Crippen LogP contribution < -0.4 is 9.80 Å². The fraction of sp³-hybridized carbons (Fsp3) is 0.348. The van der Waals surface area contributed by atoms with Gasteiger partial charge in [0.25, 0.3) is 5.91 Å². The van der Waals surface area contributed by atoms with Crippen molar-refractivity contribution in [3.05, 3.63) is 59.5 Å². The van der Waals surface area contributed by atoms with Crippen molar-refractivity contribution < 1.29 is 4.79 Å². The van der Waals surface area contributed by atoms with Crippen LogP contribution in [0.2, 0.25) is 5.02 Å². The molecule has 0 spiro atoms. The fourth-order valence-electron chi connectivity index (χ4n) is 4.12. The highest BCUT2D eigenvalue weighted by Crippen LogP contribution is 2.23. The topological polar surface area (TPSA) is 78.4 Å². The smallest absolute Gasteiger partial charge is 0.274 e. The Bertz CT molecular complexity index is 1100. The second-order valence-electron chi connectivity index (χ2n) is 7.94. The van der Waals surface area contributed by atoms with Crippen molar-refractivity contribution in [3.63, 3.8) is 0 Å². The van der Waals surface area contributed by atoms with E-state index in [9.17, 15) is 4.79 Å². The van der Waals surface area contributed by atoms with Crippen LogP contribution in [0, 0.1) is 0 Å². The summed E-state index contributed by atoms with van der Waals surface area (Å²) in [7, 11) is 0. The highest BCUT2D eigenvalue weighted by atomic mass is 35.5. The zero-order valence-electron chi connectivity index (χ0n) is 17.7. The molecule has 4 heterocycles. The lowest BCUT2D eigenvalue weighted by Crippen LogP contribution is -2.49. The van der Waals surface area contributed by atoms with Gasteiger partial charge < -0.3 is 14.7 Å². The normalized spacial score (nSPS) is 16.5. The van der Waals surface area contributed by atoms with E-state index in [0.717, 1.165) is 37.3 Å². The molecule has 0 unspecified atom stereocenters. The number of hydrogen-bond acceptors (Lipinski definition) is 7. The second kappa shape index (κ2) is 9.08. The maximum absolute atomic E-state index is 13.2. The van der Waals surface area contributed by atoms with Crippen molar-refractivity contribution in [1.29, 1.82) is 0 Å². The zero-order valence-corrected chi connectivity index (χ0v) is 18.4. The lowest BCUT2D eigenvalue weighted by atomic mass is 10.2. The molecule has 2 aromatic heterocycles. The van der Waals surface area contributed by atoms with Gasteiger partial charge in [0.2, 0.25) is 5.95 Å². The van der Waals surface area contributed by atoms with Crippen LogP contribution in [0.5, 0.6) is 0 Å². The number of aromatic nitrogens is 4. The molecular weight excluding hydrogens is 426 g/mol. The van der Waals surface area contributed by atoms with Gasteiger partial charge >= 0.3 is 0 Å². The van der Waals surface area contributed by atoms with Gasteiger partial charge in [0, 0.05) is 51.0 Å². The van der Waals surface area contributed by atoms with Gasteiger partial charge in [-0.25, -0.2) is 19.9 Å². The lowest BCUT2D eigenvalue weighted by Gasteiger charge is -2.35. The van der Waals surface area contributed by atoms with Crippen LogP contribution in [0.25, 0.3) is 11.4 Å². The Labute approximate surface area is 191 Å². The molecule has 2 aliphatic rings. The first-order valence-corrected chi connectivity index (χ1v) is 11.3. The van der Waals surface area contributed by atoms with Gasteiger partial charge in [-0.3, -0.25) is 4.79 Å². The van der Waals surface area contributed by atoms with Gasteiger partial charge in [0.05, 0.1) is 11.2 Å². The van der Waals surface area contributed by atoms with Crippen molar-refractivity contribution in [3.8, 4) is 11.4 Å². The number of benzene rings is 1. The summed E-state index contributed by atoms with van der Waals surface area (Å²) < 4.78 is 0. The zero-order chi connectivity index (χ0) is 21.9. The van der Waals surface area contributed by atoms with Gasteiger partial charge in [-0.1, -0.05) is 41.9 Å². The molecule has 1 amide bonds. The van der Waals surface area contributed by atoms with Gasteiger partial charge in [-0.2, -0.15) is 0 Å². The number of amides is 1.